The second-order valence-corrected chi connectivity index (χ2v) is 5.29. The topological polar surface area (TPSA) is 71.0 Å². The standard InChI is InChI=1S/C15H15N3O2S/c1-3-9-4-10(13(19)5-14(9)20-2)15-11(6-17-18-15)12-7-21-8-16-12/h4-8,19H,3H2,1-2H3,(H,17,18). The van der Waals surface area contributed by atoms with E-state index >= 15 is 0 Å². The molecule has 0 aliphatic heterocycles. The van der Waals surface area contributed by atoms with Gasteiger partial charge in [0.05, 0.1) is 30.2 Å². The van der Waals surface area contributed by atoms with Gasteiger partial charge >= 0.3 is 0 Å². The molecule has 2 N–H and O–H groups in total. The second-order valence-electron chi connectivity index (χ2n) is 4.57. The Balaban J connectivity index is 2.16. The van der Waals surface area contributed by atoms with Crippen LogP contribution in [-0.4, -0.2) is 27.4 Å². The van der Waals surface area contributed by atoms with E-state index in [1.807, 2.05) is 18.4 Å². The van der Waals surface area contributed by atoms with Crippen LogP contribution < -0.4 is 4.74 Å². The van der Waals surface area contributed by atoms with E-state index in [1.54, 1.807) is 24.9 Å². The van der Waals surface area contributed by atoms with Gasteiger partial charge in [0, 0.05) is 22.6 Å². The first-order chi connectivity index (χ1) is 10.2. The summed E-state index contributed by atoms with van der Waals surface area (Å²) in [5.41, 5.74) is 5.99. The van der Waals surface area contributed by atoms with Crippen LogP contribution in [0.5, 0.6) is 11.5 Å². The van der Waals surface area contributed by atoms with Gasteiger partial charge in [0.2, 0.25) is 0 Å². The van der Waals surface area contributed by atoms with E-state index in [9.17, 15) is 5.11 Å². The Labute approximate surface area is 126 Å². The Morgan fingerprint density at radius 1 is 1.33 bits per heavy atom. The smallest absolute Gasteiger partial charge is 0.128 e. The molecule has 1 aromatic carbocycles. The fourth-order valence-corrected chi connectivity index (χ4v) is 2.86. The molecule has 0 aliphatic carbocycles. The number of thiazole rings is 1. The van der Waals surface area contributed by atoms with E-state index in [-0.39, 0.29) is 5.75 Å². The average molecular weight is 301 g/mol. The number of aromatic amines is 1. The maximum Gasteiger partial charge on any atom is 0.128 e. The van der Waals surface area contributed by atoms with Crippen LogP contribution in [0.2, 0.25) is 0 Å². The molecule has 0 fully saturated rings. The molecule has 0 amide bonds. The number of ether oxygens (including phenoxy) is 1. The number of nitrogens with zero attached hydrogens (tertiary/aromatic N) is 2. The Morgan fingerprint density at radius 3 is 2.86 bits per heavy atom. The maximum absolute atomic E-state index is 10.3. The molecule has 5 nitrogen and oxygen atoms in total. The lowest BCUT2D eigenvalue weighted by Crippen LogP contribution is -1.93. The molecule has 21 heavy (non-hydrogen) atoms. The molecule has 2 aromatic heterocycles. The summed E-state index contributed by atoms with van der Waals surface area (Å²) >= 11 is 1.52. The van der Waals surface area contributed by atoms with Gasteiger partial charge < -0.3 is 9.84 Å². The molecule has 0 aliphatic rings. The summed E-state index contributed by atoms with van der Waals surface area (Å²) in [5, 5.41) is 19.3. The largest absolute Gasteiger partial charge is 0.507 e. The van der Waals surface area contributed by atoms with Crippen LogP contribution in [0.3, 0.4) is 0 Å². The van der Waals surface area contributed by atoms with Gasteiger partial charge in [-0.15, -0.1) is 11.3 Å². The first-order valence-electron chi connectivity index (χ1n) is 6.56. The van der Waals surface area contributed by atoms with Crippen LogP contribution in [0.15, 0.2) is 29.2 Å². The van der Waals surface area contributed by atoms with E-state index < -0.39 is 0 Å². The number of aromatic nitrogens is 3. The number of nitrogens with one attached hydrogen (secondary N) is 1. The summed E-state index contributed by atoms with van der Waals surface area (Å²) < 4.78 is 5.30. The highest BCUT2D eigenvalue weighted by Gasteiger charge is 2.17. The SMILES string of the molecule is CCc1cc(-c2[nH]ncc2-c2cscn2)c(O)cc1OC. The van der Waals surface area contributed by atoms with Crippen LogP contribution in [0.25, 0.3) is 22.5 Å². The number of hydrogen-bond acceptors (Lipinski definition) is 5. The monoisotopic (exact) mass is 301 g/mol. The fourth-order valence-electron chi connectivity index (χ4n) is 2.31. The zero-order chi connectivity index (χ0) is 14.8. The minimum absolute atomic E-state index is 0.157. The van der Waals surface area contributed by atoms with E-state index in [2.05, 4.69) is 15.2 Å². The molecule has 0 bridgehead atoms. The van der Waals surface area contributed by atoms with Crippen LogP contribution in [0.4, 0.5) is 0 Å². The third-order valence-corrected chi connectivity index (χ3v) is 3.98. The summed E-state index contributed by atoms with van der Waals surface area (Å²) in [7, 11) is 1.60. The normalized spacial score (nSPS) is 10.8. The average Bonchev–Trinajstić information content (AvgIpc) is 3.17. The van der Waals surface area contributed by atoms with Gasteiger partial charge in [-0.1, -0.05) is 6.92 Å². The third kappa shape index (κ3) is 2.38. The molecule has 0 radical (unpaired) electrons. The number of aryl methyl sites for hydroxylation is 1. The van der Waals surface area contributed by atoms with Gasteiger partial charge in [0.15, 0.2) is 0 Å². The van der Waals surface area contributed by atoms with Crippen LogP contribution in [0, 0.1) is 0 Å². The van der Waals surface area contributed by atoms with Crippen molar-refractivity contribution in [1.82, 2.24) is 15.2 Å². The Morgan fingerprint density at radius 2 is 2.19 bits per heavy atom. The summed E-state index contributed by atoms with van der Waals surface area (Å²) in [6, 6.07) is 3.57. The highest BCUT2D eigenvalue weighted by Crippen LogP contribution is 2.38. The molecular formula is C15H15N3O2S. The number of phenolic OH excluding ortho intramolecular Hbond substituents is 1. The molecule has 0 unspecified atom stereocenters. The first-order valence-corrected chi connectivity index (χ1v) is 7.51. The lowest BCUT2D eigenvalue weighted by Gasteiger charge is -2.11. The van der Waals surface area contributed by atoms with Crippen molar-refractivity contribution in [3.05, 3.63) is 34.8 Å². The van der Waals surface area contributed by atoms with Crippen molar-refractivity contribution in [3.63, 3.8) is 0 Å². The number of aromatic hydroxyl groups is 1. The minimum Gasteiger partial charge on any atom is -0.507 e. The summed E-state index contributed by atoms with van der Waals surface area (Å²) in [6.07, 6.45) is 2.54. The molecule has 3 aromatic rings. The highest BCUT2D eigenvalue weighted by atomic mass is 32.1. The number of hydrogen-bond donors (Lipinski definition) is 2. The Kier molecular flexibility index (Phi) is 3.62. The lowest BCUT2D eigenvalue weighted by atomic mass is 10.0. The van der Waals surface area contributed by atoms with E-state index in [1.165, 1.54) is 11.3 Å². The fraction of sp³-hybridized carbons (Fsp3) is 0.200. The molecule has 3 rings (SSSR count). The first kappa shape index (κ1) is 13.6. The Bertz CT molecular complexity index is 750. The molecule has 0 atom stereocenters. The van der Waals surface area contributed by atoms with Crippen molar-refractivity contribution in [3.8, 4) is 34.0 Å². The number of phenols is 1. The van der Waals surface area contributed by atoms with Gasteiger partial charge in [0.1, 0.15) is 11.5 Å². The Hall–Kier alpha value is -2.34. The lowest BCUT2D eigenvalue weighted by molar-refractivity contribution is 0.403. The second kappa shape index (κ2) is 5.57. The van der Waals surface area contributed by atoms with Crippen LogP contribution in [-0.2, 0) is 6.42 Å². The number of methoxy groups -OCH3 is 1. The van der Waals surface area contributed by atoms with Crippen molar-refractivity contribution in [2.45, 2.75) is 13.3 Å². The quantitative estimate of drug-likeness (QED) is 0.774. The van der Waals surface area contributed by atoms with Gasteiger partial charge in [-0.3, -0.25) is 5.10 Å². The van der Waals surface area contributed by atoms with Crippen molar-refractivity contribution < 1.29 is 9.84 Å². The van der Waals surface area contributed by atoms with Crippen LogP contribution >= 0.6 is 11.3 Å². The maximum atomic E-state index is 10.3. The molecule has 0 saturated carbocycles. The highest BCUT2D eigenvalue weighted by molar-refractivity contribution is 7.07. The number of H-pyrrole nitrogens is 1. The van der Waals surface area contributed by atoms with Gasteiger partial charge in [-0.05, 0) is 18.1 Å². The molecule has 108 valence electrons. The molecular weight excluding hydrogens is 286 g/mol. The summed E-state index contributed by atoms with van der Waals surface area (Å²) in [6.45, 7) is 2.05. The number of benzene rings is 1. The molecule has 2 heterocycles. The zero-order valence-electron chi connectivity index (χ0n) is 11.8. The predicted molar refractivity (Wildman–Crippen MR) is 82.7 cm³/mol. The van der Waals surface area contributed by atoms with Crippen molar-refractivity contribution in [2.75, 3.05) is 7.11 Å². The van der Waals surface area contributed by atoms with E-state index in [4.69, 9.17) is 4.74 Å². The summed E-state index contributed by atoms with van der Waals surface area (Å²) in [5.74, 6) is 0.846. The van der Waals surface area contributed by atoms with Gasteiger partial charge in [-0.25, -0.2) is 4.98 Å². The van der Waals surface area contributed by atoms with Gasteiger partial charge in [-0.2, -0.15) is 5.10 Å². The van der Waals surface area contributed by atoms with Gasteiger partial charge in [0.25, 0.3) is 0 Å². The van der Waals surface area contributed by atoms with Crippen molar-refractivity contribution in [2.24, 2.45) is 0 Å². The van der Waals surface area contributed by atoms with E-state index in [0.29, 0.717) is 11.3 Å². The third-order valence-electron chi connectivity index (χ3n) is 3.40. The van der Waals surface area contributed by atoms with Crippen molar-refractivity contribution in [1.29, 1.82) is 0 Å². The predicted octanol–water partition coefficient (Wildman–Crippen LogP) is 3.48. The molecule has 6 heteroatoms. The molecule has 0 saturated heterocycles. The van der Waals surface area contributed by atoms with Crippen LogP contribution in [0.1, 0.15) is 12.5 Å². The summed E-state index contributed by atoms with van der Waals surface area (Å²) in [4.78, 5) is 4.30. The zero-order valence-corrected chi connectivity index (χ0v) is 12.6. The molecule has 0 spiro atoms. The van der Waals surface area contributed by atoms with Crippen molar-refractivity contribution >= 4 is 11.3 Å². The number of rotatable bonds is 4. The minimum atomic E-state index is 0.157. The van der Waals surface area contributed by atoms with E-state index in [0.717, 1.165) is 28.9 Å².